The fourth-order valence-corrected chi connectivity index (χ4v) is 9.33. The number of allylic oxidation sites excluding steroid dienone is 4. The molecule has 0 bridgehead atoms. The van der Waals surface area contributed by atoms with E-state index in [1.165, 1.54) is 93.2 Å². The highest BCUT2D eigenvalue weighted by molar-refractivity contribution is 6.25. The van der Waals surface area contributed by atoms with E-state index < -0.39 is 0 Å². The Morgan fingerprint density at radius 3 is 1.90 bits per heavy atom. The van der Waals surface area contributed by atoms with Gasteiger partial charge in [-0.2, -0.15) is 0 Å². The maximum atomic E-state index is 2.53. The first-order valence-electron chi connectivity index (χ1n) is 18.5. The summed E-state index contributed by atoms with van der Waals surface area (Å²) in [5.41, 5.74) is 12.3. The maximum Gasteiger partial charge on any atom is 0.00957 e. The number of fused-ring (bicyclic) bond motifs is 4. The third kappa shape index (κ3) is 4.66. The Bertz CT molecular complexity index is 2720. The Balaban J connectivity index is 0.960. The van der Waals surface area contributed by atoms with Gasteiger partial charge in [-0.15, -0.1) is 0 Å². The summed E-state index contributed by atoms with van der Waals surface area (Å²) in [6.07, 6.45) is 7.32. The van der Waals surface area contributed by atoms with Crippen LogP contribution in [0.1, 0.15) is 62.8 Å². The summed E-state index contributed by atoms with van der Waals surface area (Å²) in [5, 5.41) is 10.6. The first-order chi connectivity index (χ1) is 24.6. The van der Waals surface area contributed by atoms with Crippen LogP contribution in [0.5, 0.6) is 0 Å². The topological polar surface area (TPSA) is 0 Å². The highest BCUT2D eigenvalue weighted by Crippen LogP contribution is 2.54. The van der Waals surface area contributed by atoms with Gasteiger partial charge in [-0.05, 0) is 122 Å². The average Bonchev–Trinajstić information content (AvgIpc) is 3.38. The highest BCUT2D eigenvalue weighted by atomic mass is 14.5. The van der Waals surface area contributed by atoms with Crippen LogP contribution in [0, 0.1) is 5.92 Å². The molecule has 246 valence electrons. The molecule has 0 spiro atoms. The van der Waals surface area contributed by atoms with Crippen molar-refractivity contribution in [2.24, 2.45) is 5.92 Å². The van der Waals surface area contributed by atoms with E-state index in [0.29, 0.717) is 11.8 Å². The van der Waals surface area contributed by atoms with E-state index in [0.717, 1.165) is 0 Å². The molecule has 0 aliphatic heterocycles. The lowest BCUT2D eigenvalue weighted by Gasteiger charge is -2.31. The monoisotopic (exact) mass is 654 g/mol. The molecule has 0 N–H and O–H groups in total. The first kappa shape index (κ1) is 30.4. The minimum absolute atomic E-state index is 0.112. The van der Waals surface area contributed by atoms with Gasteiger partial charge in [0, 0.05) is 5.92 Å². The Labute approximate surface area is 301 Å². The summed E-state index contributed by atoms with van der Waals surface area (Å²) < 4.78 is 0. The fourth-order valence-electron chi connectivity index (χ4n) is 9.33. The molecule has 0 saturated carbocycles. The molecule has 51 heavy (non-hydrogen) atoms. The van der Waals surface area contributed by atoms with Crippen molar-refractivity contribution in [3.05, 3.63) is 174 Å². The van der Waals surface area contributed by atoms with Crippen molar-refractivity contribution in [3.63, 3.8) is 0 Å². The molecule has 0 fully saturated rings. The first-order valence-corrected chi connectivity index (χ1v) is 18.5. The summed E-state index contributed by atoms with van der Waals surface area (Å²) in [5.74, 6) is 0.934. The Morgan fingerprint density at radius 1 is 0.529 bits per heavy atom. The van der Waals surface area contributed by atoms with Gasteiger partial charge >= 0.3 is 0 Å². The van der Waals surface area contributed by atoms with Gasteiger partial charge in [0.15, 0.2) is 0 Å². The molecule has 0 radical (unpaired) electrons. The third-order valence-corrected chi connectivity index (χ3v) is 12.2. The minimum atomic E-state index is 0.112. The van der Waals surface area contributed by atoms with E-state index in [9.17, 15) is 0 Å². The van der Waals surface area contributed by atoms with Gasteiger partial charge in [-0.3, -0.25) is 0 Å². The molecular formula is C51H42. The molecule has 0 amide bonds. The number of hydrogen-bond acceptors (Lipinski definition) is 0. The zero-order valence-corrected chi connectivity index (χ0v) is 30.1. The zero-order valence-electron chi connectivity index (χ0n) is 30.1. The summed E-state index contributed by atoms with van der Waals surface area (Å²) in [6, 6.07) is 50.7. The van der Waals surface area contributed by atoms with Crippen LogP contribution in [0.25, 0.3) is 70.9 Å². The number of benzene rings is 8. The van der Waals surface area contributed by atoms with Crippen LogP contribution in [0.2, 0.25) is 0 Å². The van der Waals surface area contributed by atoms with E-state index in [1.807, 2.05) is 0 Å². The molecule has 0 nitrogen and oxygen atoms in total. The molecule has 2 unspecified atom stereocenters. The Morgan fingerprint density at radius 2 is 1.14 bits per heavy atom. The van der Waals surface area contributed by atoms with E-state index in [4.69, 9.17) is 0 Å². The second-order valence-electron chi connectivity index (χ2n) is 16.6. The number of hydrogen-bond donors (Lipinski definition) is 0. The van der Waals surface area contributed by atoms with Crippen molar-refractivity contribution in [1.29, 1.82) is 0 Å². The predicted molar refractivity (Wildman–Crippen MR) is 220 cm³/mol. The lowest BCUT2D eigenvalue weighted by Crippen LogP contribution is -2.25. The molecule has 8 aromatic rings. The van der Waals surface area contributed by atoms with Crippen molar-refractivity contribution in [2.45, 2.75) is 51.4 Å². The summed E-state index contributed by atoms with van der Waals surface area (Å²) in [7, 11) is 0. The molecular weight excluding hydrogens is 613 g/mol. The second-order valence-corrected chi connectivity index (χ2v) is 16.6. The van der Waals surface area contributed by atoms with Gasteiger partial charge in [0.2, 0.25) is 0 Å². The smallest absolute Gasteiger partial charge is 0.00957 e. The van der Waals surface area contributed by atoms with Crippen molar-refractivity contribution < 1.29 is 0 Å². The minimum Gasteiger partial charge on any atom is -0.0758 e. The third-order valence-electron chi connectivity index (χ3n) is 12.2. The summed E-state index contributed by atoms with van der Waals surface area (Å²) in [6.45, 7) is 11.7. The Hall–Kier alpha value is -5.46. The van der Waals surface area contributed by atoms with E-state index >= 15 is 0 Å². The summed E-state index contributed by atoms with van der Waals surface area (Å²) >= 11 is 0. The van der Waals surface area contributed by atoms with Gasteiger partial charge in [-0.25, -0.2) is 0 Å². The van der Waals surface area contributed by atoms with Crippen LogP contribution >= 0.6 is 0 Å². The van der Waals surface area contributed by atoms with Crippen LogP contribution < -0.4 is 0 Å². The van der Waals surface area contributed by atoms with Crippen LogP contribution in [-0.4, -0.2) is 0 Å². The standard InChI is InChI=1S/C51H42/c1-50(2,3)41-28-39-19-14-33-20-23-42(45-25-22-40(29-41)48(39)49(33)45)32-12-10-31(11-13-32)34-15-16-36-27-37(18-17-35(36)26-34)38-21-24-44-43-8-6-7-9-46(43)51(4,5)47(44)30-38/h6-30,44,47H,1-5H3. The molecule has 2 atom stereocenters. The van der Waals surface area contributed by atoms with Gasteiger partial charge in [0.05, 0.1) is 0 Å². The van der Waals surface area contributed by atoms with Crippen LogP contribution in [0.3, 0.4) is 0 Å². The van der Waals surface area contributed by atoms with E-state index in [1.54, 1.807) is 0 Å². The molecule has 0 aromatic heterocycles. The van der Waals surface area contributed by atoms with Gasteiger partial charge in [0.1, 0.15) is 0 Å². The SMILES string of the molecule is CC(C)(C)c1cc2ccc3ccc(-c4ccc(-c5ccc6cc(C7=CC8C(C=C7)c7ccccc7C8(C)C)ccc6c5)cc4)c4ccc(c1)c2c34. The number of rotatable bonds is 3. The van der Waals surface area contributed by atoms with Crippen molar-refractivity contribution in [2.75, 3.05) is 0 Å². The fraction of sp³-hybridized carbons (Fsp3) is 0.176. The van der Waals surface area contributed by atoms with E-state index in [-0.39, 0.29) is 10.8 Å². The van der Waals surface area contributed by atoms with Crippen molar-refractivity contribution in [1.82, 2.24) is 0 Å². The van der Waals surface area contributed by atoms with Gasteiger partial charge < -0.3 is 0 Å². The maximum absolute atomic E-state index is 2.53. The second kappa shape index (κ2) is 10.8. The lowest BCUT2D eigenvalue weighted by atomic mass is 9.73. The molecule has 2 aliphatic carbocycles. The Kier molecular flexibility index (Phi) is 6.41. The summed E-state index contributed by atoms with van der Waals surface area (Å²) in [4.78, 5) is 0. The lowest BCUT2D eigenvalue weighted by molar-refractivity contribution is 0.395. The van der Waals surface area contributed by atoms with E-state index in [2.05, 4.69) is 186 Å². The van der Waals surface area contributed by atoms with Gasteiger partial charge in [-0.1, -0.05) is 174 Å². The highest BCUT2D eigenvalue weighted by Gasteiger charge is 2.44. The molecule has 8 aromatic carbocycles. The van der Waals surface area contributed by atoms with Gasteiger partial charge in [0.25, 0.3) is 0 Å². The van der Waals surface area contributed by atoms with Crippen LogP contribution in [0.4, 0.5) is 0 Å². The predicted octanol–water partition coefficient (Wildman–Crippen LogP) is 14.0. The van der Waals surface area contributed by atoms with Crippen molar-refractivity contribution in [3.8, 4) is 22.3 Å². The molecule has 0 heterocycles. The molecule has 2 aliphatic rings. The van der Waals surface area contributed by atoms with Crippen LogP contribution in [-0.2, 0) is 10.8 Å². The molecule has 0 saturated heterocycles. The normalized spacial score (nSPS) is 18.1. The zero-order chi connectivity index (χ0) is 34.6. The average molecular weight is 655 g/mol. The quantitative estimate of drug-likeness (QED) is 0.166. The van der Waals surface area contributed by atoms with Crippen molar-refractivity contribution >= 4 is 48.7 Å². The molecule has 0 heteroatoms. The van der Waals surface area contributed by atoms with Crippen LogP contribution in [0.15, 0.2) is 152 Å². The largest absolute Gasteiger partial charge is 0.0758 e. The molecule has 10 rings (SSSR count).